The minimum atomic E-state index is -1.51. The molecule has 23 N–H and O–H groups in total. The molecule has 2 fully saturated rings. The number of carbonyl (C=O) groups is 12. The average Bonchev–Trinajstić information content (AvgIpc) is 1.62. The third-order valence-electron chi connectivity index (χ3n) is 22.9. The van der Waals surface area contributed by atoms with Crippen molar-refractivity contribution in [2.24, 2.45) is 62.0 Å². The number of carbonyl (C=O) groups excluding carboxylic acids is 12. The summed E-state index contributed by atoms with van der Waals surface area (Å²) in [4.78, 5) is 181. The lowest BCUT2D eigenvalue weighted by atomic mass is 9.84. The fraction of sp³-hybridized carbons (Fsp3) is 0.652. The van der Waals surface area contributed by atoms with Crippen LogP contribution in [0.2, 0.25) is 0 Å². The number of primary amides is 2. The van der Waals surface area contributed by atoms with E-state index >= 15 is 19.2 Å². The van der Waals surface area contributed by atoms with Gasteiger partial charge in [0.05, 0.1) is 12.5 Å². The molecule has 31 nitrogen and oxygen atoms in total. The van der Waals surface area contributed by atoms with Crippen molar-refractivity contribution in [2.45, 2.75) is 323 Å². The summed E-state index contributed by atoms with van der Waals surface area (Å²) in [5, 5.41) is 25.7. The molecule has 0 unspecified atom stereocenters. The van der Waals surface area contributed by atoms with Gasteiger partial charge in [0.15, 0.2) is 11.9 Å². The number of thioether (sulfide) groups is 3. The number of hydrogen-bond donors (Lipinski definition) is 16. The van der Waals surface area contributed by atoms with Crippen LogP contribution in [-0.2, 0) is 87.6 Å². The van der Waals surface area contributed by atoms with Crippen molar-refractivity contribution in [1.29, 1.82) is 0 Å². The molecule has 2 heterocycles. The molecule has 1 saturated carbocycles. The monoisotopic (exact) mass is 1810 g/mol. The summed E-state index contributed by atoms with van der Waals surface area (Å²) in [7, 11) is 0. The zero-order chi connectivity index (χ0) is 91.4. The van der Waals surface area contributed by atoms with E-state index in [-0.39, 0.29) is 125 Å². The van der Waals surface area contributed by atoms with Crippen LogP contribution in [0, 0.1) is 11.8 Å². The van der Waals surface area contributed by atoms with Gasteiger partial charge in [-0.25, -0.2) is 0 Å². The Morgan fingerprint density at radius 2 is 0.960 bits per heavy atom. The topological polar surface area (TPSA) is 523 Å². The van der Waals surface area contributed by atoms with E-state index in [1.54, 1.807) is 42.1 Å². The minimum absolute atomic E-state index is 0.0319. The molecule has 1 saturated heterocycles. The number of nitrogens with one attached hydrogen (secondary N) is 9. The zero-order valence-electron chi connectivity index (χ0n) is 74.8. The van der Waals surface area contributed by atoms with Crippen LogP contribution < -0.4 is 88.0 Å². The van der Waals surface area contributed by atoms with Crippen LogP contribution in [0.3, 0.4) is 0 Å². The van der Waals surface area contributed by atoms with Gasteiger partial charge in [0, 0.05) is 86.7 Å². The molecular formula is C92H147N19O12S3. The van der Waals surface area contributed by atoms with E-state index in [0.29, 0.717) is 87.2 Å². The SMILES string of the molecule is CCCCCCCCCCCCCCCCSCc1cc2cc(c1)CSC[C@H](C(N)=O)NC(=O)CCCCCNC(=O)[C@H](CC(N)=O)NC(=O)[C@H](CCCN=C(N)N)NC(=O)[C@@H]1C[C@@H]3CCCC[C@@H]3N1C(=O)[C@H](CCCN=C(N)N)NC(=O)[C@H](Cc1ccccc1)NC(=O)[C@@H](CC(C)C)NC(=O)[C@H](Cc1ccccc1)NC(=O)CCCCCNC(=O)[C@H](N)CSC2. The van der Waals surface area contributed by atoms with Crippen molar-refractivity contribution >= 4 is 118 Å². The largest absolute Gasteiger partial charge is 0.370 e. The molecule has 6 rings (SSSR count). The molecule has 2 aliphatic heterocycles. The zero-order valence-corrected chi connectivity index (χ0v) is 77.2. The summed E-state index contributed by atoms with van der Waals surface area (Å²) in [5.41, 5.74) is 45.6. The Morgan fingerprint density at radius 3 is 1.51 bits per heavy atom. The molecule has 700 valence electrons. The summed E-state index contributed by atoms with van der Waals surface area (Å²) in [6.07, 6.45) is 23.5. The molecule has 126 heavy (non-hydrogen) atoms. The molecule has 1 aliphatic carbocycles. The van der Waals surface area contributed by atoms with Gasteiger partial charge in [-0.2, -0.15) is 35.3 Å². The molecule has 11 atom stereocenters. The lowest BCUT2D eigenvalue weighted by molar-refractivity contribution is -0.145. The predicted octanol–water partition coefficient (Wildman–Crippen LogP) is 7.11. The fourth-order valence-electron chi connectivity index (χ4n) is 16.2. The number of nitrogens with zero attached hydrogens (tertiary/aromatic N) is 3. The molecule has 0 radical (unpaired) electrons. The van der Waals surface area contributed by atoms with E-state index in [0.717, 1.165) is 46.6 Å². The third kappa shape index (κ3) is 42.2. The predicted molar refractivity (Wildman–Crippen MR) is 503 cm³/mol. The Bertz CT molecular complexity index is 3920. The van der Waals surface area contributed by atoms with Crippen LogP contribution >= 0.6 is 35.3 Å². The van der Waals surface area contributed by atoms with Crippen LogP contribution in [0.1, 0.15) is 260 Å². The second kappa shape index (κ2) is 60.6. The second-order valence-electron chi connectivity index (χ2n) is 34.3. The number of benzene rings is 3. The van der Waals surface area contributed by atoms with Gasteiger partial charge in [0.25, 0.3) is 0 Å². The summed E-state index contributed by atoms with van der Waals surface area (Å²) >= 11 is 4.93. The average molecular weight is 1810 g/mol. The highest BCUT2D eigenvalue weighted by atomic mass is 32.2. The molecule has 2 bridgehead atoms. The number of nitrogens with two attached hydrogens (primary N) is 7. The normalized spacial score (nSPS) is 23.1. The van der Waals surface area contributed by atoms with E-state index in [2.05, 4.69) is 83.0 Å². The Hall–Kier alpha value is -9.15. The van der Waals surface area contributed by atoms with Gasteiger partial charge in [-0.15, -0.1) is 0 Å². The Morgan fingerprint density at radius 1 is 0.484 bits per heavy atom. The fourth-order valence-corrected chi connectivity index (χ4v) is 19.1. The van der Waals surface area contributed by atoms with Gasteiger partial charge in [-0.05, 0) is 129 Å². The lowest BCUT2D eigenvalue weighted by Gasteiger charge is -2.36. The molecule has 12 amide bonds. The molecular weight excluding hydrogens is 1660 g/mol. The molecule has 0 spiro atoms. The number of hydrogen-bond acceptors (Lipinski definition) is 18. The Kier molecular flexibility index (Phi) is 50.8. The number of rotatable bonds is 34. The summed E-state index contributed by atoms with van der Waals surface area (Å²) in [6.45, 7) is 6.47. The van der Waals surface area contributed by atoms with E-state index in [1.165, 1.54) is 100 Å². The van der Waals surface area contributed by atoms with Crippen LogP contribution in [0.5, 0.6) is 0 Å². The van der Waals surface area contributed by atoms with Crippen molar-refractivity contribution in [3.05, 3.63) is 107 Å². The lowest BCUT2D eigenvalue weighted by Crippen LogP contribution is -2.61. The molecule has 0 aromatic heterocycles. The molecule has 3 aromatic carbocycles. The van der Waals surface area contributed by atoms with Gasteiger partial charge in [-0.1, -0.05) is 209 Å². The summed E-state index contributed by atoms with van der Waals surface area (Å²) in [5.74, 6) is -5.05. The van der Waals surface area contributed by atoms with E-state index in [4.69, 9.17) is 40.1 Å². The van der Waals surface area contributed by atoms with Crippen LogP contribution in [-0.4, -0.2) is 192 Å². The summed E-state index contributed by atoms with van der Waals surface area (Å²) < 4.78 is 0. The first-order valence-corrected chi connectivity index (χ1v) is 49.5. The smallest absolute Gasteiger partial charge is 0.246 e. The van der Waals surface area contributed by atoms with Gasteiger partial charge < -0.3 is 92.9 Å². The van der Waals surface area contributed by atoms with Gasteiger partial charge in [0.2, 0.25) is 70.9 Å². The number of amides is 12. The number of fused-ring (bicyclic) bond motifs is 5. The van der Waals surface area contributed by atoms with E-state index in [9.17, 15) is 38.4 Å². The highest BCUT2D eigenvalue weighted by Gasteiger charge is 2.50. The molecule has 3 aromatic rings. The first-order chi connectivity index (χ1) is 60.7. The van der Waals surface area contributed by atoms with Crippen LogP contribution in [0.15, 0.2) is 88.8 Å². The highest BCUT2D eigenvalue weighted by molar-refractivity contribution is 7.99. The van der Waals surface area contributed by atoms with Gasteiger partial charge >= 0.3 is 0 Å². The quantitative estimate of drug-likeness (QED) is 0.0161. The van der Waals surface area contributed by atoms with E-state index < -0.39 is 126 Å². The van der Waals surface area contributed by atoms with Crippen LogP contribution in [0.25, 0.3) is 0 Å². The minimum Gasteiger partial charge on any atom is -0.370 e. The third-order valence-corrected chi connectivity index (χ3v) is 26.3. The second-order valence-corrected chi connectivity index (χ2v) is 37.4. The maximum atomic E-state index is 15.8. The number of unbranched alkanes of at least 4 members (excludes halogenated alkanes) is 13. The van der Waals surface area contributed by atoms with Crippen molar-refractivity contribution in [3.8, 4) is 0 Å². The standard InChI is InChI=1S/C92H147N19O12S3/c1-4-5-6-7-8-9-10-11-12-13-14-15-16-31-48-124-57-65-50-66-52-67(51-65)59-126-61-76(82(95)115)105-81(114)43-26-20-30-45-101-84(117)75(56-79(94)112)110-85(118)70(39-32-46-102-91(96)97)106-89(122)78-55-68-38-27-28-41-77(68)111(78)90(123)71(40-33-47-103-92(98)99)107-88(121)74(54-64-36-23-18-24-37-64)109-86(119)72(49-62(2)3)108-87(120)73(53-63-34-21-17-22-35-63)104-80(113)42-25-19-29-44-100-83(116)69(93)60-125-58-66/h17-18,21-24,34-37,50-52,62,68-78H,4-16,19-20,25-33,38-49,53-61,93H2,1-3H3,(H2,94,112)(H2,95,115)(H,100,116)(H,101,117)(H,104,113)(H,105,114)(H,106,122)(H,107,121)(H,108,120)(H,109,119)(H,110,118)(H4,96,97,102)(H4,98,99,103)/t68-,69+,70-,71-,72+,73-,74-,75-,76+,77-,78-/m0/s1. The number of aliphatic imine (C=N–C) groups is 2. The van der Waals surface area contributed by atoms with E-state index in [1.807, 2.05) is 55.9 Å². The summed E-state index contributed by atoms with van der Waals surface area (Å²) in [6, 6.07) is 13.0. The van der Waals surface area contributed by atoms with Crippen molar-refractivity contribution < 1.29 is 57.5 Å². The number of guanidine groups is 2. The first-order valence-electron chi connectivity index (χ1n) is 46.0. The van der Waals surface area contributed by atoms with Gasteiger partial charge in [-0.3, -0.25) is 67.5 Å². The van der Waals surface area contributed by atoms with Gasteiger partial charge in [0.1, 0.15) is 48.3 Å². The van der Waals surface area contributed by atoms with Crippen molar-refractivity contribution in [2.75, 3.05) is 43.4 Å². The van der Waals surface area contributed by atoms with Crippen LogP contribution in [0.4, 0.5) is 0 Å². The highest BCUT2D eigenvalue weighted by Crippen LogP contribution is 2.41. The van der Waals surface area contributed by atoms with Crippen molar-refractivity contribution in [1.82, 2.24) is 52.8 Å². The maximum absolute atomic E-state index is 15.8. The Labute approximate surface area is 759 Å². The maximum Gasteiger partial charge on any atom is 0.246 e. The molecule has 34 heteroatoms. The molecule has 3 aliphatic rings. The first kappa shape index (κ1) is 106. The Balaban J connectivity index is 1.24. The van der Waals surface area contributed by atoms with Crippen molar-refractivity contribution in [3.63, 3.8) is 0 Å².